The SMILES string of the molecule is Cc1noc(C)c1CC(=O)N1CCN(CC2CCCO2)CC1. The summed E-state index contributed by atoms with van der Waals surface area (Å²) < 4.78 is 10.8. The molecule has 22 heavy (non-hydrogen) atoms. The van der Waals surface area contributed by atoms with Gasteiger partial charge in [-0.1, -0.05) is 5.16 Å². The molecule has 2 fully saturated rings. The lowest BCUT2D eigenvalue weighted by Gasteiger charge is -2.35. The zero-order valence-corrected chi connectivity index (χ0v) is 13.5. The molecule has 1 aromatic heterocycles. The highest BCUT2D eigenvalue weighted by atomic mass is 16.5. The van der Waals surface area contributed by atoms with Crippen molar-refractivity contribution in [2.45, 2.75) is 39.2 Å². The number of ether oxygens (including phenoxy) is 1. The molecule has 0 aliphatic carbocycles. The molecule has 3 heterocycles. The van der Waals surface area contributed by atoms with Gasteiger partial charge in [-0.15, -0.1) is 0 Å². The minimum Gasteiger partial charge on any atom is -0.377 e. The van der Waals surface area contributed by atoms with Crippen molar-refractivity contribution in [2.75, 3.05) is 39.3 Å². The largest absolute Gasteiger partial charge is 0.377 e. The number of aromatic nitrogens is 1. The Labute approximate surface area is 131 Å². The number of rotatable bonds is 4. The van der Waals surface area contributed by atoms with Crippen LogP contribution in [-0.4, -0.2) is 66.3 Å². The Kier molecular flexibility index (Phi) is 4.78. The van der Waals surface area contributed by atoms with Crippen molar-refractivity contribution in [3.63, 3.8) is 0 Å². The van der Waals surface area contributed by atoms with Crippen molar-refractivity contribution in [3.8, 4) is 0 Å². The van der Waals surface area contributed by atoms with Crippen LogP contribution in [0.2, 0.25) is 0 Å². The predicted molar refractivity (Wildman–Crippen MR) is 81.7 cm³/mol. The van der Waals surface area contributed by atoms with Crippen molar-refractivity contribution in [2.24, 2.45) is 0 Å². The average Bonchev–Trinajstić information content (AvgIpc) is 3.13. The van der Waals surface area contributed by atoms with Gasteiger partial charge in [-0.3, -0.25) is 9.69 Å². The second-order valence-corrected chi connectivity index (χ2v) is 6.30. The third-order valence-electron chi connectivity index (χ3n) is 4.72. The molecule has 0 aromatic carbocycles. The number of amides is 1. The third-order valence-corrected chi connectivity index (χ3v) is 4.72. The van der Waals surface area contributed by atoms with Crippen LogP contribution in [0.15, 0.2) is 4.52 Å². The zero-order chi connectivity index (χ0) is 15.5. The van der Waals surface area contributed by atoms with E-state index in [0.29, 0.717) is 12.5 Å². The first-order valence-corrected chi connectivity index (χ1v) is 8.17. The number of aryl methyl sites for hydroxylation is 2. The molecule has 1 atom stereocenters. The summed E-state index contributed by atoms with van der Waals surface area (Å²) in [7, 11) is 0. The second-order valence-electron chi connectivity index (χ2n) is 6.30. The number of hydrogen-bond donors (Lipinski definition) is 0. The van der Waals surface area contributed by atoms with E-state index in [9.17, 15) is 4.79 Å². The number of hydrogen-bond acceptors (Lipinski definition) is 5. The van der Waals surface area contributed by atoms with Gasteiger partial charge in [-0.2, -0.15) is 0 Å². The minimum atomic E-state index is 0.172. The first-order valence-electron chi connectivity index (χ1n) is 8.17. The van der Waals surface area contributed by atoms with E-state index in [-0.39, 0.29) is 5.91 Å². The lowest BCUT2D eigenvalue weighted by Crippen LogP contribution is -2.50. The van der Waals surface area contributed by atoms with Crippen LogP contribution in [0, 0.1) is 13.8 Å². The first kappa shape index (κ1) is 15.5. The van der Waals surface area contributed by atoms with E-state index in [1.54, 1.807) is 0 Å². The molecule has 3 rings (SSSR count). The molecule has 0 spiro atoms. The van der Waals surface area contributed by atoms with E-state index < -0.39 is 0 Å². The van der Waals surface area contributed by atoms with Crippen molar-refractivity contribution in [3.05, 3.63) is 17.0 Å². The highest BCUT2D eigenvalue weighted by Gasteiger charge is 2.25. The molecule has 2 aliphatic heterocycles. The molecule has 6 heteroatoms. The molecule has 122 valence electrons. The topological polar surface area (TPSA) is 58.8 Å². The Morgan fingerprint density at radius 1 is 1.27 bits per heavy atom. The van der Waals surface area contributed by atoms with Gasteiger partial charge in [0, 0.05) is 44.9 Å². The number of nitrogens with zero attached hydrogens (tertiary/aromatic N) is 3. The fourth-order valence-corrected chi connectivity index (χ4v) is 3.27. The van der Waals surface area contributed by atoms with E-state index in [0.717, 1.165) is 56.3 Å². The molecule has 0 saturated carbocycles. The van der Waals surface area contributed by atoms with E-state index in [1.807, 2.05) is 18.7 Å². The third kappa shape index (κ3) is 3.50. The van der Waals surface area contributed by atoms with Crippen LogP contribution < -0.4 is 0 Å². The molecule has 0 bridgehead atoms. The first-order chi connectivity index (χ1) is 10.6. The van der Waals surface area contributed by atoms with E-state index in [4.69, 9.17) is 9.26 Å². The van der Waals surface area contributed by atoms with Crippen LogP contribution in [0.1, 0.15) is 29.9 Å². The fraction of sp³-hybridized carbons (Fsp3) is 0.750. The summed E-state index contributed by atoms with van der Waals surface area (Å²) >= 11 is 0. The molecule has 0 radical (unpaired) electrons. The van der Waals surface area contributed by atoms with E-state index in [1.165, 1.54) is 12.8 Å². The lowest BCUT2D eigenvalue weighted by atomic mass is 10.1. The van der Waals surface area contributed by atoms with Crippen molar-refractivity contribution in [1.82, 2.24) is 15.0 Å². The lowest BCUT2D eigenvalue weighted by molar-refractivity contribution is -0.132. The summed E-state index contributed by atoms with van der Waals surface area (Å²) in [6.07, 6.45) is 3.14. The number of carbonyl (C=O) groups excluding carboxylic acids is 1. The summed E-state index contributed by atoms with van der Waals surface area (Å²) in [6.45, 7) is 9.14. The maximum atomic E-state index is 12.4. The second kappa shape index (κ2) is 6.79. The molecular weight excluding hydrogens is 282 g/mol. The molecule has 1 aromatic rings. The summed E-state index contributed by atoms with van der Waals surface area (Å²) in [5.74, 6) is 0.925. The van der Waals surface area contributed by atoms with E-state index >= 15 is 0 Å². The quantitative estimate of drug-likeness (QED) is 0.835. The fourth-order valence-electron chi connectivity index (χ4n) is 3.27. The number of piperazine rings is 1. The Morgan fingerprint density at radius 2 is 2.05 bits per heavy atom. The minimum absolute atomic E-state index is 0.172. The van der Waals surface area contributed by atoms with Crippen LogP contribution in [0.25, 0.3) is 0 Å². The van der Waals surface area contributed by atoms with Crippen LogP contribution in [0.3, 0.4) is 0 Å². The highest BCUT2D eigenvalue weighted by Crippen LogP contribution is 2.16. The van der Waals surface area contributed by atoms with Crippen LogP contribution in [-0.2, 0) is 16.0 Å². The van der Waals surface area contributed by atoms with Gasteiger partial charge in [0.05, 0.1) is 18.2 Å². The Bertz CT molecular complexity index is 495. The molecule has 6 nitrogen and oxygen atoms in total. The van der Waals surface area contributed by atoms with Crippen molar-refractivity contribution >= 4 is 5.91 Å². The van der Waals surface area contributed by atoms with Gasteiger partial charge in [-0.25, -0.2) is 0 Å². The molecule has 1 unspecified atom stereocenters. The highest BCUT2D eigenvalue weighted by molar-refractivity contribution is 5.79. The summed E-state index contributed by atoms with van der Waals surface area (Å²) in [6, 6.07) is 0. The average molecular weight is 307 g/mol. The molecule has 1 amide bonds. The Morgan fingerprint density at radius 3 is 2.64 bits per heavy atom. The smallest absolute Gasteiger partial charge is 0.227 e. The van der Waals surface area contributed by atoms with Crippen molar-refractivity contribution in [1.29, 1.82) is 0 Å². The van der Waals surface area contributed by atoms with Gasteiger partial charge in [0.2, 0.25) is 5.91 Å². The van der Waals surface area contributed by atoms with Gasteiger partial charge < -0.3 is 14.2 Å². The monoisotopic (exact) mass is 307 g/mol. The molecule has 0 N–H and O–H groups in total. The number of carbonyl (C=O) groups is 1. The zero-order valence-electron chi connectivity index (χ0n) is 13.5. The van der Waals surface area contributed by atoms with Crippen LogP contribution in [0.4, 0.5) is 0 Å². The Hall–Kier alpha value is -1.40. The van der Waals surface area contributed by atoms with Crippen molar-refractivity contribution < 1.29 is 14.1 Å². The molecule has 2 saturated heterocycles. The normalized spacial score (nSPS) is 23.2. The maximum Gasteiger partial charge on any atom is 0.227 e. The predicted octanol–water partition coefficient (Wildman–Crippen LogP) is 1.16. The van der Waals surface area contributed by atoms with Gasteiger partial charge in [0.25, 0.3) is 0 Å². The van der Waals surface area contributed by atoms with Gasteiger partial charge in [0.15, 0.2) is 0 Å². The summed E-state index contributed by atoms with van der Waals surface area (Å²) in [5.41, 5.74) is 1.76. The van der Waals surface area contributed by atoms with Crippen LogP contribution in [0.5, 0.6) is 0 Å². The van der Waals surface area contributed by atoms with Crippen LogP contribution >= 0.6 is 0 Å². The standard InChI is InChI=1S/C16H25N3O3/c1-12-15(13(2)22-17-12)10-16(20)19-7-5-18(6-8-19)11-14-4-3-9-21-14/h14H,3-11H2,1-2H3. The Balaban J connectivity index is 1.47. The maximum absolute atomic E-state index is 12.4. The van der Waals surface area contributed by atoms with Gasteiger partial charge in [-0.05, 0) is 26.7 Å². The summed E-state index contributed by atoms with van der Waals surface area (Å²) in [5, 5.41) is 3.92. The molecular formula is C16H25N3O3. The van der Waals surface area contributed by atoms with Gasteiger partial charge >= 0.3 is 0 Å². The summed E-state index contributed by atoms with van der Waals surface area (Å²) in [4.78, 5) is 16.8. The van der Waals surface area contributed by atoms with Gasteiger partial charge in [0.1, 0.15) is 5.76 Å². The van der Waals surface area contributed by atoms with E-state index in [2.05, 4.69) is 10.1 Å². The molecule has 2 aliphatic rings.